The SMILES string of the molecule is Cc1cc(NC(=O)NCc2ccccc2CN2CCCC2=O)no1. The van der Waals surface area contributed by atoms with E-state index in [1.54, 1.807) is 13.0 Å². The Bertz CT molecular complexity index is 741. The van der Waals surface area contributed by atoms with E-state index in [1.807, 2.05) is 29.2 Å². The summed E-state index contributed by atoms with van der Waals surface area (Å²) in [4.78, 5) is 25.6. The number of amides is 3. The second-order valence-corrected chi connectivity index (χ2v) is 5.82. The van der Waals surface area contributed by atoms with Gasteiger partial charge in [0.25, 0.3) is 0 Å². The van der Waals surface area contributed by atoms with Crippen molar-refractivity contribution in [3.8, 4) is 0 Å². The molecule has 2 aromatic rings. The van der Waals surface area contributed by atoms with Crippen LogP contribution in [0.2, 0.25) is 0 Å². The summed E-state index contributed by atoms with van der Waals surface area (Å²) < 4.78 is 4.90. The molecule has 0 aliphatic carbocycles. The first-order valence-electron chi connectivity index (χ1n) is 7.94. The van der Waals surface area contributed by atoms with Crippen LogP contribution in [0.15, 0.2) is 34.9 Å². The Morgan fingerprint density at radius 2 is 2.12 bits per heavy atom. The quantitative estimate of drug-likeness (QED) is 0.882. The molecule has 0 spiro atoms. The topological polar surface area (TPSA) is 87.5 Å². The van der Waals surface area contributed by atoms with Crippen LogP contribution in [0.1, 0.15) is 29.7 Å². The van der Waals surface area contributed by atoms with Crippen molar-refractivity contribution in [2.24, 2.45) is 0 Å². The van der Waals surface area contributed by atoms with Crippen LogP contribution < -0.4 is 10.6 Å². The highest BCUT2D eigenvalue weighted by Crippen LogP contribution is 2.17. The minimum atomic E-state index is -0.352. The third kappa shape index (κ3) is 3.92. The molecule has 3 rings (SSSR count). The van der Waals surface area contributed by atoms with Gasteiger partial charge in [0.15, 0.2) is 5.82 Å². The first kappa shape index (κ1) is 16.0. The van der Waals surface area contributed by atoms with Crippen molar-refractivity contribution in [3.63, 3.8) is 0 Å². The normalized spacial score (nSPS) is 14.0. The summed E-state index contributed by atoms with van der Waals surface area (Å²) in [5.74, 6) is 1.20. The Labute approximate surface area is 140 Å². The number of aromatic nitrogens is 1. The van der Waals surface area contributed by atoms with Crippen molar-refractivity contribution in [2.45, 2.75) is 32.9 Å². The zero-order valence-electron chi connectivity index (χ0n) is 13.5. The van der Waals surface area contributed by atoms with Gasteiger partial charge in [-0.15, -0.1) is 0 Å². The number of urea groups is 1. The highest BCUT2D eigenvalue weighted by atomic mass is 16.5. The molecule has 126 valence electrons. The lowest BCUT2D eigenvalue weighted by Crippen LogP contribution is -2.29. The van der Waals surface area contributed by atoms with E-state index in [0.717, 1.165) is 24.1 Å². The number of nitrogens with one attached hydrogen (secondary N) is 2. The van der Waals surface area contributed by atoms with Crippen LogP contribution in [0.3, 0.4) is 0 Å². The molecule has 1 aliphatic rings. The van der Waals surface area contributed by atoms with E-state index in [0.29, 0.717) is 31.1 Å². The summed E-state index contributed by atoms with van der Waals surface area (Å²) in [6.45, 7) is 3.51. The van der Waals surface area contributed by atoms with Crippen LogP contribution in [-0.2, 0) is 17.9 Å². The summed E-state index contributed by atoms with van der Waals surface area (Å²) in [6.07, 6.45) is 1.54. The summed E-state index contributed by atoms with van der Waals surface area (Å²) in [6, 6.07) is 9.10. The third-order valence-corrected chi connectivity index (χ3v) is 3.96. The number of hydrogen-bond donors (Lipinski definition) is 2. The van der Waals surface area contributed by atoms with Gasteiger partial charge in [-0.1, -0.05) is 29.4 Å². The van der Waals surface area contributed by atoms with E-state index in [9.17, 15) is 9.59 Å². The van der Waals surface area contributed by atoms with E-state index in [4.69, 9.17) is 4.52 Å². The van der Waals surface area contributed by atoms with Crippen molar-refractivity contribution in [3.05, 3.63) is 47.2 Å². The van der Waals surface area contributed by atoms with E-state index in [1.165, 1.54) is 0 Å². The zero-order valence-corrected chi connectivity index (χ0v) is 13.5. The second-order valence-electron chi connectivity index (χ2n) is 5.82. The molecule has 0 unspecified atom stereocenters. The van der Waals surface area contributed by atoms with Gasteiger partial charge in [-0.2, -0.15) is 0 Å². The molecule has 0 saturated carbocycles. The molecule has 7 heteroatoms. The van der Waals surface area contributed by atoms with Gasteiger partial charge in [-0.05, 0) is 24.5 Å². The summed E-state index contributed by atoms with van der Waals surface area (Å²) >= 11 is 0. The molecule has 7 nitrogen and oxygen atoms in total. The monoisotopic (exact) mass is 328 g/mol. The first-order chi connectivity index (χ1) is 11.6. The Morgan fingerprint density at radius 3 is 2.79 bits per heavy atom. The maximum atomic E-state index is 11.9. The Morgan fingerprint density at radius 1 is 1.33 bits per heavy atom. The molecule has 1 fully saturated rings. The van der Waals surface area contributed by atoms with Gasteiger partial charge in [0, 0.05) is 32.1 Å². The van der Waals surface area contributed by atoms with Crippen molar-refractivity contribution in [1.29, 1.82) is 0 Å². The largest absolute Gasteiger partial charge is 0.360 e. The van der Waals surface area contributed by atoms with E-state index >= 15 is 0 Å². The van der Waals surface area contributed by atoms with Gasteiger partial charge in [-0.25, -0.2) is 4.79 Å². The molecule has 24 heavy (non-hydrogen) atoms. The van der Waals surface area contributed by atoms with Gasteiger partial charge in [0.1, 0.15) is 5.76 Å². The van der Waals surface area contributed by atoms with E-state index in [2.05, 4.69) is 15.8 Å². The molecule has 2 N–H and O–H groups in total. The fourth-order valence-electron chi connectivity index (χ4n) is 2.72. The first-order valence-corrected chi connectivity index (χ1v) is 7.94. The number of aryl methyl sites for hydroxylation is 1. The molecule has 1 aromatic carbocycles. The third-order valence-electron chi connectivity index (χ3n) is 3.96. The predicted molar refractivity (Wildman–Crippen MR) is 88.2 cm³/mol. The van der Waals surface area contributed by atoms with Crippen molar-refractivity contribution in [2.75, 3.05) is 11.9 Å². The van der Waals surface area contributed by atoms with Crippen LogP contribution in [0.5, 0.6) is 0 Å². The summed E-state index contributed by atoms with van der Waals surface area (Å²) in [5.41, 5.74) is 2.04. The van der Waals surface area contributed by atoms with Gasteiger partial charge in [0.2, 0.25) is 5.91 Å². The van der Waals surface area contributed by atoms with Crippen LogP contribution in [0, 0.1) is 6.92 Å². The molecule has 2 heterocycles. The standard InChI is InChI=1S/C17H20N4O3/c1-12-9-15(20-24-12)19-17(23)18-10-13-5-2-3-6-14(13)11-21-8-4-7-16(21)22/h2-3,5-6,9H,4,7-8,10-11H2,1H3,(H2,18,19,20,23). The fourth-order valence-corrected chi connectivity index (χ4v) is 2.72. The smallest absolute Gasteiger partial charge is 0.320 e. The zero-order chi connectivity index (χ0) is 16.9. The molecule has 0 radical (unpaired) electrons. The maximum absolute atomic E-state index is 11.9. The van der Waals surface area contributed by atoms with E-state index < -0.39 is 0 Å². The van der Waals surface area contributed by atoms with Crippen LogP contribution in [0.4, 0.5) is 10.6 Å². The molecular weight excluding hydrogens is 308 g/mol. The van der Waals surface area contributed by atoms with Gasteiger partial charge in [0.05, 0.1) is 0 Å². The summed E-state index contributed by atoms with van der Waals surface area (Å²) in [7, 11) is 0. The number of carbonyl (C=O) groups excluding carboxylic acids is 2. The summed E-state index contributed by atoms with van der Waals surface area (Å²) in [5, 5.41) is 9.13. The number of hydrogen-bond acceptors (Lipinski definition) is 4. The minimum absolute atomic E-state index is 0.192. The average Bonchev–Trinajstić information content (AvgIpc) is 3.15. The van der Waals surface area contributed by atoms with Crippen LogP contribution >= 0.6 is 0 Å². The lowest BCUT2D eigenvalue weighted by Gasteiger charge is -2.18. The molecule has 1 aliphatic heterocycles. The Kier molecular flexibility index (Phi) is 4.79. The molecule has 1 saturated heterocycles. The minimum Gasteiger partial charge on any atom is -0.360 e. The maximum Gasteiger partial charge on any atom is 0.320 e. The number of benzene rings is 1. The predicted octanol–water partition coefficient (Wildman–Crippen LogP) is 2.43. The lowest BCUT2D eigenvalue weighted by atomic mass is 10.1. The molecule has 0 bridgehead atoms. The number of likely N-dealkylation sites (tertiary alicyclic amines) is 1. The number of carbonyl (C=O) groups is 2. The highest BCUT2D eigenvalue weighted by Gasteiger charge is 2.20. The average molecular weight is 328 g/mol. The molecule has 1 aromatic heterocycles. The molecule has 3 amide bonds. The number of rotatable bonds is 5. The van der Waals surface area contributed by atoms with Crippen LogP contribution in [0.25, 0.3) is 0 Å². The lowest BCUT2D eigenvalue weighted by molar-refractivity contribution is -0.128. The van der Waals surface area contributed by atoms with Crippen molar-refractivity contribution in [1.82, 2.24) is 15.4 Å². The number of anilines is 1. The molecule has 0 atom stereocenters. The Hall–Kier alpha value is -2.83. The fraction of sp³-hybridized carbons (Fsp3) is 0.353. The molecular formula is C17H20N4O3. The highest BCUT2D eigenvalue weighted by molar-refractivity contribution is 5.88. The second kappa shape index (κ2) is 7.16. The van der Waals surface area contributed by atoms with Gasteiger partial charge < -0.3 is 14.7 Å². The van der Waals surface area contributed by atoms with E-state index in [-0.39, 0.29) is 11.9 Å². The van der Waals surface area contributed by atoms with Crippen molar-refractivity contribution >= 4 is 17.8 Å². The Balaban J connectivity index is 1.58. The number of nitrogens with zero attached hydrogens (tertiary/aromatic N) is 2. The van der Waals surface area contributed by atoms with Crippen LogP contribution in [-0.4, -0.2) is 28.5 Å². The van der Waals surface area contributed by atoms with Gasteiger partial charge >= 0.3 is 6.03 Å². The van der Waals surface area contributed by atoms with Gasteiger partial charge in [-0.3, -0.25) is 10.1 Å². The van der Waals surface area contributed by atoms with Crippen molar-refractivity contribution < 1.29 is 14.1 Å².